The Hall–Kier alpha value is -1.27. The Balaban J connectivity index is 4.39. The van der Waals surface area contributed by atoms with E-state index in [1.54, 1.807) is 0 Å². The Labute approximate surface area is 60.3 Å². The molecule has 11 heavy (non-hydrogen) atoms. The summed E-state index contributed by atoms with van der Waals surface area (Å²) in [5.41, 5.74) is 4.48. The standard InChI is InChI=1S/C4H6F3N3O/c1-10(3(9)11)2(8)4(5,6)7/h8H,1H3,(H2,9,11). The minimum absolute atomic E-state index is 0.0139. The minimum atomic E-state index is -4.83. The van der Waals surface area contributed by atoms with E-state index in [-0.39, 0.29) is 4.90 Å². The molecule has 7 heteroatoms. The lowest BCUT2D eigenvalue weighted by molar-refractivity contribution is -0.0669. The molecule has 0 rings (SSSR count). The number of nitrogens with one attached hydrogen (secondary N) is 1. The molecule has 0 saturated heterocycles. The number of nitrogens with two attached hydrogens (primary N) is 1. The van der Waals surface area contributed by atoms with Crippen LogP contribution in [-0.2, 0) is 0 Å². The van der Waals surface area contributed by atoms with Crippen LogP contribution in [-0.4, -0.2) is 30.0 Å². The number of primary amides is 1. The molecule has 0 aromatic carbocycles. The number of rotatable bonds is 0. The topological polar surface area (TPSA) is 70.2 Å². The fourth-order valence-electron chi connectivity index (χ4n) is 0.300. The van der Waals surface area contributed by atoms with E-state index in [0.29, 0.717) is 0 Å². The lowest BCUT2D eigenvalue weighted by atomic mass is 10.5. The van der Waals surface area contributed by atoms with Crippen molar-refractivity contribution >= 4 is 11.9 Å². The summed E-state index contributed by atoms with van der Waals surface area (Å²) in [5, 5.41) is 6.38. The highest BCUT2D eigenvalue weighted by atomic mass is 19.4. The van der Waals surface area contributed by atoms with Crippen LogP contribution >= 0.6 is 0 Å². The molecule has 0 aliphatic rings. The molecule has 0 aliphatic carbocycles. The van der Waals surface area contributed by atoms with E-state index >= 15 is 0 Å². The van der Waals surface area contributed by atoms with E-state index in [1.807, 2.05) is 0 Å². The molecule has 0 aliphatic heterocycles. The van der Waals surface area contributed by atoms with Crippen molar-refractivity contribution < 1.29 is 18.0 Å². The van der Waals surface area contributed by atoms with Crippen molar-refractivity contribution in [1.82, 2.24) is 4.90 Å². The number of hydrogen-bond acceptors (Lipinski definition) is 2. The second-order valence-electron chi connectivity index (χ2n) is 1.74. The molecule has 0 unspecified atom stereocenters. The third-order valence-electron chi connectivity index (χ3n) is 0.934. The Morgan fingerprint density at radius 2 is 1.91 bits per heavy atom. The zero-order valence-corrected chi connectivity index (χ0v) is 5.57. The second kappa shape index (κ2) is 2.77. The molecule has 0 bridgehead atoms. The molecule has 0 radical (unpaired) electrons. The molecule has 2 amide bonds. The van der Waals surface area contributed by atoms with Crippen LogP contribution in [0.25, 0.3) is 0 Å². The summed E-state index contributed by atoms with van der Waals surface area (Å²) in [7, 11) is 0.776. The van der Waals surface area contributed by atoms with E-state index in [4.69, 9.17) is 5.41 Å². The van der Waals surface area contributed by atoms with Gasteiger partial charge in [0.15, 0.2) is 0 Å². The van der Waals surface area contributed by atoms with Crippen LogP contribution in [0.1, 0.15) is 0 Å². The summed E-state index contributed by atoms with van der Waals surface area (Å²) in [6, 6.07) is -1.31. The first-order chi connectivity index (χ1) is 4.76. The molecule has 0 saturated carbocycles. The number of hydrogen-bond donors (Lipinski definition) is 2. The number of carbonyl (C=O) groups is 1. The zero-order chi connectivity index (χ0) is 9.23. The van der Waals surface area contributed by atoms with Crippen molar-refractivity contribution in [2.75, 3.05) is 7.05 Å². The van der Waals surface area contributed by atoms with Crippen molar-refractivity contribution in [2.24, 2.45) is 5.73 Å². The fourth-order valence-corrected chi connectivity index (χ4v) is 0.300. The van der Waals surface area contributed by atoms with Gasteiger partial charge in [-0.25, -0.2) is 4.79 Å². The first-order valence-electron chi connectivity index (χ1n) is 2.45. The molecular weight excluding hydrogens is 163 g/mol. The summed E-state index contributed by atoms with van der Waals surface area (Å²) < 4.78 is 34.8. The Morgan fingerprint density at radius 1 is 1.55 bits per heavy atom. The highest BCUT2D eigenvalue weighted by Gasteiger charge is 2.38. The predicted molar refractivity (Wildman–Crippen MR) is 31.1 cm³/mol. The molecule has 0 spiro atoms. The lowest BCUT2D eigenvalue weighted by Crippen LogP contribution is -2.44. The van der Waals surface area contributed by atoms with Gasteiger partial charge in [-0.05, 0) is 0 Å². The average Bonchev–Trinajstić information content (AvgIpc) is 1.82. The zero-order valence-electron chi connectivity index (χ0n) is 5.57. The van der Waals surface area contributed by atoms with Gasteiger partial charge in [0.25, 0.3) is 0 Å². The van der Waals surface area contributed by atoms with Gasteiger partial charge in [0, 0.05) is 7.05 Å². The molecule has 0 fully saturated rings. The quantitative estimate of drug-likeness (QED) is 0.403. The SMILES string of the molecule is CN(C(=N)C(F)(F)F)C(N)=O. The average molecular weight is 169 g/mol. The second-order valence-corrected chi connectivity index (χ2v) is 1.74. The number of amidine groups is 1. The number of urea groups is 1. The summed E-state index contributed by atoms with van der Waals surface area (Å²) >= 11 is 0. The fraction of sp³-hybridized carbons (Fsp3) is 0.500. The van der Waals surface area contributed by atoms with E-state index in [1.165, 1.54) is 0 Å². The Morgan fingerprint density at radius 3 is 2.00 bits per heavy atom. The molecule has 0 aromatic rings. The number of halogens is 3. The largest absolute Gasteiger partial charge is 0.449 e. The molecule has 64 valence electrons. The lowest BCUT2D eigenvalue weighted by Gasteiger charge is -2.16. The highest BCUT2D eigenvalue weighted by Crippen LogP contribution is 2.17. The van der Waals surface area contributed by atoms with Crippen molar-refractivity contribution in [2.45, 2.75) is 6.18 Å². The third kappa shape index (κ3) is 2.44. The van der Waals surface area contributed by atoms with Crippen LogP contribution in [0.2, 0.25) is 0 Å². The maximum Gasteiger partial charge on any atom is 0.449 e. The van der Waals surface area contributed by atoms with Crippen LogP contribution < -0.4 is 5.73 Å². The molecular formula is C4H6F3N3O. The van der Waals surface area contributed by atoms with Gasteiger partial charge >= 0.3 is 12.2 Å². The van der Waals surface area contributed by atoms with Gasteiger partial charge in [0.05, 0.1) is 0 Å². The van der Waals surface area contributed by atoms with E-state index in [2.05, 4.69) is 5.73 Å². The van der Waals surface area contributed by atoms with Gasteiger partial charge in [0.2, 0.25) is 5.84 Å². The summed E-state index contributed by atoms with van der Waals surface area (Å²) in [4.78, 5) is 10.1. The van der Waals surface area contributed by atoms with Gasteiger partial charge in [-0.3, -0.25) is 10.3 Å². The van der Waals surface area contributed by atoms with Crippen LogP contribution in [0, 0.1) is 5.41 Å². The maximum atomic E-state index is 11.6. The number of amides is 2. The van der Waals surface area contributed by atoms with Crippen LogP contribution in [0.3, 0.4) is 0 Å². The summed E-state index contributed by atoms with van der Waals surface area (Å²) in [5.74, 6) is -1.77. The van der Waals surface area contributed by atoms with Gasteiger partial charge in [-0.15, -0.1) is 0 Å². The smallest absolute Gasteiger partial charge is 0.351 e. The number of carbonyl (C=O) groups excluding carboxylic acids is 1. The monoisotopic (exact) mass is 169 g/mol. The van der Waals surface area contributed by atoms with E-state index in [9.17, 15) is 18.0 Å². The predicted octanol–water partition coefficient (Wildman–Crippen LogP) is 0.536. The van der Waals surface area contributed by atoms with Crippen LogP contribution in [0.5, 0.6) is 0 Å². The van der Waals surface area contributed by atoms with Gasteiger partial charge in [0.1, 0.15) is 0 Å². The van der Waals surface area contributed by atoms with Crippen LogP contribution in [0.4, 0.5) is 18.0 Å². The van der Waals surface area contributed by atoms with Gasteiger partial charge < -0.3 is 5.73 Å². The molecule has 0 heterocycles. The summed E-state index contributed by atoms with van der Waals surface area (Å²) in [6.07, 6.45) is -4.83. The van der Waals surface area contributed by atoms with E-state index in [0.717, 1.165) is 7.05 Å². The number of nitrogens with zero attached hydrogens (tertiary/aromatic N) is 1. The normalized spacial score (nSPS) is 10.9. The number of alkyl halides is 3. The first kappa shape index (κ1) is 9.73. The third-order valence-corrected chi connectivity index (χ3v) is 0.934. The molecule has 3 N–H and O–H groups in total. The van der Waals surface area contributed by atoms with Crippen LogP contribution in [0.15, 0.2) is 0 Å². The molecule has 0 aromatic heterocycles. The molecule has 0 atom stereocenters. The van der Waals surface area contributed by atoms with Gasteiger partial charge in [-0.2, -0.15) is 13.2 Å². The van der Waals surface area contributed by atoms with E-state index < -0.39 is 18.0 Å². The molecule has 4 nitrogen and oxygen atoms in total. The summed E-state index contributed by atoms with van der Waals surface area (Å²) in [6.45, 7) is 0. The van der Waals surface area contributed by atoms with Crippen molar-refractivity contribution in [3.05, 3.63) is 0 Å². The Kier molecular flexibility index (Phi) is 2.45. The first-order valence-corrected chi connectivity index (χ1v) is 2.45. The van der Waals surface area contributed by atoms with Crippen molar-refractivity contribution in [3.8, 4) is 0 Å². The van der Waals surface area contributed by atoms with Crippen molar-refractivity contribution in [1.29, 1.82) is 5.41 Å². The maximum absolute atomic E-state index is 11.6. The van der Waals surface area contributed by atoms with Gasteiger partial charge in [-0.1, -0.05) is 0 Å². The minimum Gasteiger partial charge on any atom is -0.351 e. The van der Waals surface area contributed by atoms with Crippen molar-refractivity contribution in [3.63, 3.8) is 0 Å². The Bertz CT molecular complexity index is 188. The highest BCUT2D eigenvalue weighted by molar-refractivity contribution is 5.97.